The van der Waals surface area contributed by atoms with Crippen LogP contribution in [0.25, 0.3) is 0 Å². The molecule has 0 heterocycles. The van der Waals surface area contributed by atoms with Gasteiger partial charge in [-0.1, -0.05) is 26.0 Å². The Kier molecular flexibility index (Phi) is 4.32. The van der Waals surface area contributed by atoms with Crippen LogP contribution in [0.15, 0.2) is 36.4 Å². The van der Waals surface area contributed by atoms with Gasteiger partial charge in [0.1, 0.15) is 11.5 Å². The molecule has 0 aromatic heterocycles. The molecule has 0 bridgehead atoms. The minimum atomic E-state index is -0.0444. The number of carbonyl (C=O) groups excluding carboxylic acids is 1. The van der Waals surface area contributed by atoms with E-state index in [2.05, 4.69) is 32.0 Å². The van der Waals surface area contributed by atoms with Gasteiger partial charge in [0.05, 0.1) is 0 Å². The Morgan fingerprint density at radius 1 is 1.14 bits per heavy atom. The van der Waals surface area contributed by atoms with Crippen molar-refractivity contribution in [2.75, 3.05) is 5.73 Å². The fourth-order valence-electron chi connectivity index (χ4n) is 2.14. The summed E-state index contributed by atoms with van der Waals surface area (Å²) in [7, 11) is 0. The molecule has 2 aromatic rings. The monoisotopic (exact) mass is 283 g/mol. The Morgan fingerprint density at radius 2 is 1.86 bits per heavy atom. The van der Waals surface area contributed by atoms with Crippen molar-refractivity contribution < 1.29 is 9.53 Å². The number of nitrogens with two attached hydrogens (primary N) is 1. The molecule has 21 heavy (non-hydrogen) atoms. The summed E-state index contributed by atoms with van der Waals surface area (Å²) in [5, 5.41) is 0. The summed E-state index contributed by atoms with van der Waals surface area (Å²) in [6.45, 7) is 7.80. The number of rotatable bonds is 4. The van der Waals surface area contributed by atoms with Crippen molar-refractivity contribution in [2.45, 2.75) is 33.6 Å². The predicted molar refractivity (Wildman–Crippen MR) is 86.2 cm³/mol. The molecule has 3 heteroatoms. The van der Waals surface area contributed by atoms with Gasteiger partial charge in [-0.2, -0.15) is 0 Å². The largest absolute Gasteiger partial charge is 0.457 e. The minimum Gasteiger partial charge on any atom is -0.457 e. The number of hydrogen-bond acceptors (Lipinski definition) is 3. The highest BCUT2D eigenvalue weighted by Gasteiger charge is 2.09. The zero-order valence-electron chi connectivity index (χ0n) is 12.9. The topological polar surface area (TPSA) is 52.3 Å². The number of ether oxygens (including phenoxy) is 1. The Bertz CT molecular complexity index is 675. The highest BCUT2D eigenvalue weighted by atomic mass is 16.5. The molecular weight excluding hydrogens is 262 g/mol. The van der Waals surface area contributed by atoms with Crippen LogP contribution in [0.2, 0.25) is 0 Å². The van der Waals surface area contributed by atoms with Gasteiger partial charge in [-0.15, -0.1) is 0 Å². The summed E-state index contributed by atoms with van der Waals surface area (Å²) in [5.41, 5.74) is 9.15. The van der Waals surface area contributed by atoms with Crippen molar-refractivity contribution in [3.8, 4) is 11.5 Å². The zero-order chi connectivity index (χ0) is 15.6. The number of ketones is 1. The number of carbonyl (C=O) groups is 1. The molecule has 0 aliphatic heterocycles. The van der Waals surface area contributed by atoms with E-state index in [1.54, 1.807) is 18.2 Å². The average Bonchev–Trinajstić information content (AvgIpc) is 2.40. The Morgan fingerprint density at radius 3 is 2.43 bits per heavy atom. The van der Waals surface area contributed by atoms with E-state index in [-0.39, 0.29) is 5.78 Å². The number of benzene rings is 2. The Labute approximate surface area is 125 Å². The van der Waals surface area contributed by atoms with Gasteiger partial charge in [0, 0.05) is 17.3 Å². The molecule has 0 radical (unpaired) electrons. The Balaban J connectivity index is 2.32. The third kappa shape index (κ3) is 3.43. The molecule has 0 saturated heterocycles. The highest BCUT2D eigenvalue weighted by molar-refractivity contribution is 5.99. The van der Waals surface area contributed by atoms with Crippen LogP contribution >= 0.6 is 0 Å². The van der Waals surface area contributed by atoms with Crippen LogP contribution in [0, 0.1) is 6.92 Å². The minimum absolute atomic E-state index is 0.0444. The average molecular weight is 283 g/mol. The molecule has 0 spiro atoms. The Hall–Kier alpha value is -2.29. The number of Topliss-reactive ketones (excluding diaryl/α,β-unsaturated/α-hetero) is 1. The van der Waals surface area contributed by atoms with Gasteiger partial charge in [-0.3, -0.25) is 4.79 Å². The van der Waals surface area contributed by atoms with Crippen molar-refractivity contribution in [1.82, 2.24) is 0 Å². The standard InChI is InChI=1S/C18H21NO2/c1-11(2)14-6-5-12(3)18(9-14)21-15-7-8-16(13(4)20)17(19)10-15/h5-11H,19H2,1-4H3. The summed E-state index contributed by atoms with van der Waals surface area (Å²) < 4.78 is 5.92. The highest BCUT2D eigenvalue weighted by Crippen LogP contribution is 2.30. The van der Waals surface area contributed by atoms with E-state index >= 15 is 0 Å². The van der Waals surface area contributed by atoms with Crippen LogP contribution in [-0.4, -0.2) is 5.78 Å². The van der Waals surface area contributed by atoms with Crippen LogP contribution in [-0.2, 0) is 0 Å². The van der Waals surface area contributed by atoms with Gasteiger partial charge in [0.2, 0.25) is 0 Å². The summed E-state index contributed by atoms with van der Waals surface area (Å²) in [4.78, 5) is 11.4. The molecule has 0 unspecified atom stereocenters. The second-order valence-electron chi connectivity index (χ2n) is 5.59. The lowest BCUT2D eigenvalue weighted by molar-refractivity contribution is 0.101. The molecule has 0 aliphatic rings. The van der Waals surface area contributed by atoms with Gasteiger partial charge >= 0.3 is 0 Å². The molecule has 0 saturated carbocycles. The van der Waals surface area contributed by atoms with E-state index in [9.17, 15) is 4.79 Å². The van der Waals surface area contributed by atoms with Crippen LogP contribution in [0.1, 0.15) is 48.2 Å². The third-order valence-corrected chi connectivity index (χ3v) is 3.51. The van der Waals surface area contributed by atoms with Crippen molar-refractivity contribution in [1.29, 1.82) is 0 Å². The second kappa shape index (κ2) is 6.00. The van der Waals surface area contributed by atoms with Crippen molar-refractivity contribution in [3.63, 3.8) is 0 Å². The lowest BCUT2D eigenvalue weighted by Crippen LogP contribution is -2.00. The number of aryl methyl sites for hydroxylation is 1. The van der Waals surface area contributed by atoms with E-state index < -0.39 is 0 Å². The van der Waals surface area contributed by atoms with Crippen LogP contribution in [0.4, 0.5) is 5.69 Å². The number of nitrogen functional groups attached to an aromatic ring is 1. The molecule has 2 rings (SSSR count). The quantitative estimate of drug-likeness (QED) is 0.654. The molecule has 110 valence electrons. The molecule has 0 atom stereocenters. The lowest BCUT2D eigenvalue weighted by atomic mass is 10.0. The summed E-state index contributed by atoms with van der Waals surface area (Å²) >= 11 is 0. The molecule has 0 fully saturated rings. The maximum atomic E-state index is 11.4. The zero-order valence-corrected chi connectivity index (χ0v) is 12.9. The maximum absolute atomic E-state index is 11.4. The summed E-state index contributed by atoms with van der Waals surface area (Å²) in [5.74, 6) is 1.85. The van der Waals surface area contributed by atoms with E-state index in [4.69, 9.17) is 10.5 Å². The van der Waals surface area contributed by atoms with E-state index in [0.29, 0.717) is 22.9 Å². The fraction of sp³-hybridized carbons (Fsp3) is 0.278. The van der Waals surface area contributed by atoms with Gasteiger partial charge in [-0.05, 0) is 49.1 Å². The first-order chi connectivity index (χ1) is 9.88. The van der Waals surface area contributed by atoms with E-state index in [1.807, 2.05) is 6.92 Å². The summed E-state index contributed by atoms with van der Waals surface area (Å²) in [6, 6.07) is 11.4. The molecule has 0 aliphatic carbocycles. The molecule has 2 N–H and O–H groups in total. The lowest BCUT2D eigenvalue weighted by Gasteiger charge is -2.13. The van der Waals surface area contributed by atoms with Crippen molar-refractivity contribution in [3.05, 3.63) is 53.1 Å². The third-order valence-electron chi connectivity index (χ3n) is 3.51. The van der Waals surface area contributed by atoms with Crippen LogP contribution in [0.3, 0.4) is 0 Å². The first-order valence-corrected chi connectivity index (χ1v) is 7.07. The normalized spacial score (nSPS) is 10.7. The van der Waals surface area contributed by atoms with Gasteiger partial charge in [0.25, 0.3) is 0 Å². The molecule has 0 amide bonds. The van der Waals surface area contributed by atoms with E-state index in [0.717, 1.165) is 11.3 Å². The maximum Gasteiger partial charge on any atom is 0.161 e. The predicted octanol–water partition coefficient (Wildman–Crippen LogP) is 4.70. The fourth-order valence-corrected chi connectivity index (χ4v) is 2.14. The van der Waals surface area contributed by atoms with Crippen LogP contribution in [0.5, 0.6) is 11.5 Å². The number of anilines is 1. The molecule has 2 aromatic carbocycles. The van der Waals surface area contributed by atoms with E-state index in [1.165, 1.54) is 12.5 Å². The molecular formula is C18H21NO2. The molecule has 3 nitrogen and oxygen atoms in total. The first kappa shape index (κ1) is 15.1. The summed E-state index contributed by atoms with van der Waals surface area (Å²) in [6.07, 6.45) is 0. The van der Waals surface area contributed by atoms with Gasteiger partial charge in [-0.25, -0.2) is 0 Å². The van der Waals surface area contributed by atoms with Gasteiger partial charge < -0.3 is 10.5 Å². The first-order valence-electron chi connectivity index (χ1n) is 7.07. The van der Waals surface area contributed by atoms with Gasteiger partial charge in [0.15, 0.2) is 5.78 Å². The van der Waals surface area contributed by atoms with Crippen molar-refractivity contribution >= 4 is 11.5 Å². The smallest absolute Gasteiger partial charge is 0.161 e. The second-order valence-corrected chi connectivity index (χ2v) is 5.59. The van der Waals surface area contributed by atoms with Crippen molar-refractivity contribution in [2.24, 2.45) is 0 Å². The van der Waals surface area contributed by atoms with Crippen LogP contribution < -0.4 is 10.5 Å². The SMILES string of the molecule is CC(=O)c1ccc(Oc2cc(C(C)C)ccc2C)cc1N. The number of hydrogen-bond donors (Lipinski definition) is 1.